The van der Waals surface area contributed by atoms with Crippen LogP contribution in [0.5, 0.6) is 5.75 Å². The van der Waals surface area contributed by atoms with Gasteiger partial charge in [-0.15, -0.1) is 0 Å². The first kappa shape index (κ1) is 12.7. The summed E-state index contributed by atoms with van der Waals surface area (Å²) < 4.78 is 5.78. The van der Waals surface area contributed by atoms with E-state index in [4.69, 9.17) is 9.84 Å². The zero-order valence-corrected chi connectivity index (χ0v) is 10.9. The van der Waals surface area contributed by atoms with Crippen LogP contribution in [0.2, 0.25) is 0 Å². The number of hydrogen-bond acceptors (Lipinski definition) is 4. The SMILES string of the molecule is CNC1c2ccccc2OCC1SCCCO. The lowest BCUT2D eigenvalue weighted by Gasteiger charge is -2.33. The van der Waals surface area contributed by atoms with Gasteiger partial charge in [-0.3, -0.25) is 0 Å². The lowest BCUT2D eigenvalue weighted by molar-refractivity contribution is 0.264. The van der Waals surface area contributed by atoms with E-state index in [1.54, 1.807) is 0 Å². The van der Waals surface area contributed by atoms with Crippen LogP contribution in [0.15, 0.2) is 24.3 Å². The van der Waals surface area contributed by atoms with Crippen LogP contribution in [0.4, 0.5) is 0 Å². The lowest BCUT2D eigenvalue weighted by atomic mass is 10.0. The number of para-hydroxylation sites is 1. The third-order valence-electron chi connectivity index (χ3n) is 2.97. The van der Waals surface area contributed by atoms with Crippen molar-refractivity contribution in [2.24, 2.45) is 0 Å². The van der Waals surface area contributed by atoms with Crippen molar-refractivity contribution < 1.29 is 9.84 Å². The van der Waals surface area contributed by atoms with Gasteiger partial charge < -0.3 is 15.2 Å². The van der Waals surface area contributed by atoms with Gasteiger partial charge in [-0.25, -0.2) is 0 Å². The molecule has 1 aromatic rings. The number of benzene rings is 1. The molecular formula is C13H19NO2S. The summed E-state index contributed by atoms with van der Waals surface area (Å²) in [6.45, 7) is 1.000. The third kappa shape index (κ3) is 2.94. The van der Waals surface area contributed by atoms with E-state index < -0.39 is 0 Å². The average molecular weight is 253 g/mol. The molecule has 0 spiro atoms. The molecule has 3 nitrogen and oxygen atoms in total. The Morgan fingerprint density at radius 3 is 3.06 bits per heavy atom. The second kappa shape index (κ2) is 6.28. The van der Waals surface area contributed by atoms with Crippen molar-refractivity contribution in [3.05, 3.63) is 29.8 Å². The molecule has 0 saturated carbocycles. The largest absolute Gasteiger partial charge is 0.492 e. The Hall–Kier alpha value is -0.710. The van der Waals surface area contributed by atoms with Gasteiger partial charge in [0.25, 0.3) is 0 Å². The van der Waals surface area contributed by atoms with Gasteiger partial charge in [0, 0.05) is 12.2 Å². The topological polar surface area (TPSA) is 41.5 Å². The molecule has 0 aliphatic carbocycles. The number of ether oxygens (including phenoxy) is 1. The zero-order valence-electron chi connectivity index (χ0n) is 10.1. The quantitative estimate of drug-likeness (QED) is 0.786. The molecule has 0 amide bonds. The van der Waals surface area contributed by atoms with E-state index in [2.05, 4.69) is 11.4 Å². The third-order valence-corrected chi connectivity index (χ3v) is 4.34. The predicted molar refractivity (Wildman–Crippen MR) is 71.7 cm³/mol. The van der Waals surface area contributed by atoms with Crippen LogP contribution < -0.4 is 10.1 Å². The molecule has 1 heterocycles. The summed E-state index contributed by atoms with van der Waals surface area (Å²) in [7, 11) is 1.99. The van der Waals surface area contributed by atoms with Gasteiger partial charge in [-0.1, -0.05) is 18.2 Å². The van der Waals surface area contributed by atoms with E-state index in [0.717, 1.165) is 24.5 Å². The van der Waals surface area contributed by atoms with Crippen LogP contribution in [0.1, 0.15) is 18.0 Å². The van der Waals surface area contributed by atoms with E-state index in [-0.39, 0.29) is 6.61 Å². The minimum atomic E-state index is 0.265. The fraction of sp³-hybridized carbons (Fsp3) is 0.538. The van der Waals surface area contributed by atoms with Crippen molar-refractivity contribution in [3.63, 3.8) is 0 Å². The summed E-state index contributed by atoms with van der Waals surface area (Å²) in [6.07, 6.45) is 0.846. The first-order valence-electron chi connectivity index (χ1n) is 5.98. The maximum Gasteiger partial charge on any atom is 0.124 e. The molecule has 94 valence electrons. The van der Waals surface area contributed by atoms with Crippen molar-refractivity contribution >= 4 is 11.8 Å². The minimum Gasteiger partial charge on any atom is -0.492 e. The fourth-order valence-corrected chi connectivity index (χ4v) is 3.36. The molecule has 0 fully saturated rings. The van der Waals surface area contributed by atoms with Crippen molar-refractivity contribution in [1.82, 2.24) is 5.32 Å². The van der Waals surface area contributed by atoms with Gasteiger partial charge in [0.05, 0.1) is 11.3 Å². The maximum absolute atomic E-state index is 8.82. The summed E-state index contributed by atoms with van der Waals surface area (Å²) in [5.41, 5.74) is 1.24. The molecule has 0 aromatic heterocycles. The molecule has 0 radical (unpaired) electrons. The molecule has 2 N–H and O–H groups in total. The number of aliphatic hydroxyl groups is 1. The fourth-order valence-electron chi connectivity index (χ4n) is 2.12. The molecule has 0 bridgehead atoms. The average Bonchev–Trinajstić information content (AvgIpc) is 2.38. The molecule has 2 unspecified atom stereocenters. The highest BCUT2D eigenvalue weighted by Gasteiger charge is 2.29. The number of fused-ring (bicyclic) bond motifs is 1. The van der Waals surface area contributed by atoms with E-state index in [0.29, 0.717) is 11.3 Å². The van der Waals surface area contributed by atoms with E-state index >= 15 is 0 Å². The van der Waals surface area contributed by atoms with Gasteiger partial charge in [0.1, 0.15) is 12.4 Å². The molecule has 2 rings (SSSR count). The molecule has 1 aliphatic heterocycles. The standard InChI is InChI=1S/C13H19NO2S/c1-14-13-10-5-2-3-6-11(10)16-9-12(13)17-8-4-7-15/h2-3,5-6,12-15H,4,7-9H2,1H3. The van der Waals surface area contributed by atoms with Crippen molar-refractivity contribution in [2.75, 3.05) is 26.0 Å². The number of rotatable bonds is 5. The monoisotopic (exact) mass is 253 g/mol. The Kier molecular flexibility index (Phi) is 4.71. The number of nitrogens with one attached hydrogen (secondary N) is 1. The first-order valence-corrected chi connectivity index (χ1v) is 7.03. The van der Waals surface area contributed by atoms with Crippen LogP contribution in [0.25, 0.3) is 0 Å². The number of thioether (sulfide) groups is 1. The van der Waals surface area contributed by atoms with E-state index in [1.165, 1.54) is 5.56 Å². The maximum atomic E-state index is 8.82. The molecule has 0 saturated heterocycles. The summed E-state index contributed by atoms with van der Waals surface area (Å²) in [6, 6.07) is 8.53. The van der Waals surface area contributed by atoms with Crippen LogP contribution in [0, 0.1) is 0 Å². The van der Waals surface area contributed by atoms with Gasteiger partial charge >= 0.3 is 0 Å². The van der Waals surface area contributed by atoms with Crippen molar-refractivity contribution in [1.29, 1.82) is 0 Å². The zero-order chi connectivity index (χ0) is 12.1. The lowest BCUT2D eigenvalue weighted by Crippen LogP contribution is -2.36. The van der Waals surface area contributed by atoms with Crippen LogP contribution >= 0.6 is 11.8 Å². The number of hydrogen-bond donors (Lipinski definition) is 2. The highest BCUT2D eigenvalue weighted by atomic mass is 32.2. The Balaban J connectivity index is 2.06. The molecular weight excluding hydrogens is 234 g/mol. The summed E-state index contributed by atoms with van der Waals surface area (Å²) in [5.74, 6) is 1.97. The first-order chi connectivity index (χ1) is 8.36. The summed E-state index contributed by atoms with van der Waals surface area (Å²) in [4.78, 5) is 0. The second-order valence-corrected chi connectivity index (χ2v) is 5.45. The summed E-state index contributed by atoms with van der Waals surface area (Å²) in [5, 5.41) is 12.6. The van der Waals surface area contributed by atoms with Gasteiger partial charge in [0.2, 0.25) is 0 Å². The molecule has 2 atom stereocenters. The smallest absolute Gasteiger partial charge is 0.124 e. The van der Waals surface area contributed by atoms with Gasteiger partial charge in [0.15, 0.2) is 0 Å². The Labute approximate surface area is 107 Å². The highest BCUT2D eigenvalue weighted by molar-refractivity contribution is 7.99. The van der Waals surface area contributed by atoms with E-state index in [9.17, 15) is 0 Å². The molecule has 1 aliphatic rings. The predicted octanol–water partition coefficient (Wildman–Crippen LogP) is 1.82. The molecule has 1 aromatic carbocycles. The second-order valence-electron chi connectivity index (χ2n) is 4.10. The van der Waals surface area contributed by atoms with Crippen molar-refractivity contribution in [3.8, 4) is 5.75 Å². The van der Waals surface area contributed by atoms with Crippen LogP contribution in [-0.2, 0) is 0 Å². The minimum absolute atomic E-state index is 0.265. The normalized spacial score (nSPS) is 22.9. The molecule has 17 heavy (non-hydrogen) atoms. The molecule has 4 heteroatoms. The van der Waals surface area contributed by atoms with Gasteiger partial charge in [-0.05, 0) is 25.3 Å². The Bertz CT molecular complexity index is 359. The van der Waals surface area contributed by atoms with Crippen LogP contribution in [0.3, 0.4) is 0 Å². The Morgan fingerprint density at radius 2 is 2.29 bits per heavy atom. The van der Waals surface area contributed by atoms with Crippen LogP contribution in [-0.4, -0.2) is 36.4 Å². The number of aliphatic hydroxyl groups excluding tert-OH is 1. The highest BCUT2D eigenvalue weighted by Crippen LogP contribution is 2.36. The Morgan fingerprint density at radius 1 is 1.47 bits per heavy atom. The van der Waals surface area contributed by atoms with Crippen molar-refractivity contribution in [2.45, 2.75) is 17.7 Å². The van der Waals surface area contributed by atoms with Gasteiger partial charge in [-0.2, -0.15) is 11.8 Å². The summed E-state index contributed by atoms with van der Waals surface area (Å²) >= 11 is 1.87. The van der Waals surface area contributed by atoms with E-state index in [1.807, 2.05) is 37.0 Å².